The van der Waals surface area contributed by atoms with E-state index in [2.05, 4.69) is 5.32 Å². The Kier molecular flexibility index (Phi) is 2.67. The Bertz CT molecular complexity index is 658. The van der Waals surface area contributed by atoms with E-state index in [0.717, 1.165) is 12.1 Å². The normalized spacial score (nSPS) is 16.9. The van der Waals surface area contributed by atoms with Gasteiger partial charge in [-0.1, -0.05) is 18.2 Å². The average molecular weight is 261 g/mol. The van der Waals surface area contributed by atoms with Crippen LogP contribution in [0.25, 0.3) is 0 Å². The molecule has 0 unspecified atom stereocenters. The number of cyclic esters (lactones) is 1. The van der Waals surface area contributed by atoms with Gasteiger partial charge in [-0.2, -0.15) is 0 Å². The number of rotatable bonds is 2. The van der Waals surface area contributed by atoms with Crippen LogP contribution in [0.5, 0.6) is 0 Å². The summed E-state index contributed by atoms with van der Waals surface area (Å²) >= 11 is 0. The lowest BCUT2D eigenvalue weighted by Crippen LogP contribution is -2.11. The van der Waals surface area contributed by atoms with Crippen molar-refractivity contribution < 1.29 is 18.3 Å². The fraction of sp³-hybridized carbons (Fsp3) is 0.0714. The monoisotopic (exact) mass is 261 g/mol. The molecule has 3 rings (SSSR count). The molecule has 96 valence electrons. The van der Waals surface area contributed by atoms with Gasteiger partial charge in [-0.3, -0.25) is 0 Å². The fourth-order valence-electron chi connectivity index (χ4n) is 2.00. The smallest absolute Gasteiger partial charge is 0.340 e. The van der Waals surface area contributed by atoms with Crippen LogP contribution in [0.3, 0.4) is 0 Å². The van der Waals surface area contributed by atoms with Crippen LogP contribution in [-0.2, 0) is 4.74 Å². The number of benzene rings is 2. The summed E-state index contributed by atoms with van der Waals surface area (Å²) in [5.41, 5.74) is 1.16. The Balaban J connectivity index is 1.91. The Labute approximate surface area is 107 Å². The van der Waals surface area contributed by atoms with E-state index in [-0.39, 0.29) is 5.69 Å². The third-order valence-electron chi connectivity index (χ3n) is 2.91. The number of nitrogens with one attached hydrogen (secondary N) is 1. The number of fused-ring (bicyclic) bond motifs is 1. The van der Waals surface area contributed by atoms with Crippen LogP contribution in [0.2, 0.25) is 0 Å². The first-order valence-corrected chi connectivity index (χ1v) is 5.66. The van der Waals surface area contributed by atoms with Gasteiger partial charge < -0.3 is 10.1 Å². The number of carbonyl (C=O) groups is 1. The largest absolute Gasteiger partial charge is 0.434 e. The van der Waals surface area contributed by atoms with Gasteiger partial charge in [0.2, 0.25) is 6.23 Å². The summed E-state index contributed by atoms with van der Waals surface area (Å²) in [5, 5.41) is 2.74. The van der Waals surface area contributed by atoms with Crippen molar-refractivity contribution in [3.8, 4) is 0 Å². The predicted octanol–water partition coefficient (Wildman–Crippen LogP) is 3.25. The van der Waals surface area contributed by atoms with Gasteiger partial charge in [-0.05, 0) is 18.2 Å². The molecule has 19 heavy (non-hydrogen) atoms. The number of halogens is 2. The lowest BCUT2D eigenvalue weighted by molar-refractivity contribution is 0.0436. The number of ether oxygens (including phenoxy) is 1. The van der Waals surface area contributed by atoms with Gasteiger partial charge in [0.05, 0.1) is 11.3 Å². The van der Waals surface area contributed by atoms with Crippen molar-refractivity contribution >= 4 is 11.7 Å². The maximum atomic E-state index is 13.5. The third-order valence-corrected chi connectivity index (χ3v) is 2.91. The average Bonchev–Trinajstić information content (AvgIpc) is 2.71. The summed E-state index contributed by atoms with van der Waals surface area (Å²) in [4.78, 5) is 11.6. The van der Waals surface area contributed by atoms with E-state index in [1.54, 1.807) is 24.3 Å². The standard InChI is InChI=1S/C14H9F2NO2/c15-8-5-6-12(11(16)7-8)17-13-9-3-1-2-4-10(9)14(18)19-13/h1-7,13,17H/t13-/m0/s1. The van der Waals surface area contributed by atoms with Crippen LogP contribution >= 0.6 is 0 Å². The molecular formula is C14H9F2NO2. The highest BCUT2D eigenvalue weighted by molar-refractivity contribution is 5.94. The van der Waals surface area contributed by atoms with E-state index in [1.807, 2.05) is 0 Å². The zero-order valence-corrected chi connectivity index (χ0v) is 9.69. The number of hydrogen-bond donors (Lipinski definition) is 1. The van der Waals surface area contributed by atoms with Crippen LogP contribution in [0.4, 0.5) is 14.5 Å². The Morgan fingerprint density at radius 1 is 1.11 bits per heavy atom. The zero-order chi connectivity index (χ0) is 13.4. The quantitative estimate of drug-likeness (QED) is 0.843. The molecule has 0 aliphatic carbocycles. The Morgan fingerprint density at radius 2 is 1.89 bits per heavy atom. The van der Waals surface area contributed by atoms with E-state index in [1.165, 1.54) is 6.07 Å². The van der Waals surface area contributed by atoms with Crippen LogP contribution < -0.4 is 5.32 Å². The Hall–Kier alpha value is -2.43. The summed E-state index contributed by atoms with van der Waals surface area (Å²) in [5.74, 6) is -1.86. The lowest BCUT2D eigenvalue weighted by Gasteiger charge is -2.14. The maximum Gasteiger partial charge on any atom is 0.340 e. The first kappa shape index (κ1) is 11.6. The van der Waals surface area contributed by atoms with Crippen LogP contribution in [-0.4, -0.2) is 5.97 Å². The molecule has 0 saturated carbocycles. The third kappa shape index (κ3) is 2.03. The highest BCUT2D eigenvalue weighted by Crippen LogP contribution is 2.32. The molecule has 0 spiro atoms. The SMILES string of the molecule is O=C1O[C@H](Nc2ccc(F)cc2F)c2ccccc21. The van der Waals surface area contributed by atoms with E-state index < -0.39 is 23.8 Å². The second-order valence-corrected chi connectivity index (χ2v) is 4.14. The molecule has 1 atom stereocenters. The highest BCUT2D eigenvalue weighted by Gasteiger charge is 2.30. The van der Waals surface area contributed by atoms with Gasteiger partial charge in [-0.25, -0.2) is 13.6 Å². The van der Waals surface area contributed by atoms with E-state index in [9.17, 15) is 13.6 Å². The summed E-state index contributed by atoms with van der Waals surface area (Å²) in [6.45, 7) is 0. The molecule has 2 aromatic rings. The van der Waals surface area contributed by atoms with Crippen molar-refractivity contribution in [2.45, 2.75) is 6.23 Å². The molecule has 5 heteroatoms. The molecule has 0 radical (unpaired) electrons. The second-order valence-electron chi connectivity index (χ2n) is 4.14. The highest BCUT2D eigenvalue weighted by atomic mass is 19.1. The molecule has 1 aliphatic rings. The molecule has 0 saturated heterocycles. The van der Waals surface area contributed by atoms with Gasteiger partial charge in [0.25, 0.3) is 0 Å². The van der Waals surface area contributed by atoms with Crippen molar-refractivity contribution in [1.29, 1.82) is 0 Å². The van der Waals surface area contributed by atoms with Gasteiger partial charge >= 0.3 is 5.97 Å². The molecular weight excluding hydrogens is 252 g/mol. The van der Waals surface area contributed by atoms with Gasteiger partial charge in [0, 0.05) is 11.6 Å². The summed E-state index contributed by atoms with van der Waals surface area (Å²) in [6.07, 6.45) is -0.760. The van der Waals surface area contributed by atoms with Gasteiger partial charge in [0.1, 0.15) is 11.6 Å². The first-order valence-electron chi connectivity index (χ1n) is 5.66. The molecule has 1 heterocycles. The van der Waals surface area contributed by atoms with Crippen molar-refractivity contribution in [1.82, 2.24) is 0 Å². The minimum Gasteiger partial charge on any atom is -0.434 e. The van der Waals surface area contributed by atoms with Crippen molar-refractivity contribution in [3.05, 3.63) is 65.2 Å². The summed E-state index contributed by atoms with van der Waals surface area (Å²) < 4.78 is 31.5. The number of hydrogen-bond acceptors (Lipinski definition) is 3. The van der Waals surface area contributed by atoms with Gasteiger partial charge in [-0.15, -0.1) is 0 Å². The second kappa shape index (κ2) is 4.35. The predicted molar refractivity (Wildman–Crippen MR) is 64.6 cm³/mol. The topological polar surface area (TPSA) is 38.3 Å². The number of esters is 1. The van der Waals surface area contributed by atoms with Crippen molar-refractivity contribution in [3.63, 3.8) is 0 Å². The molecule has 0 aromatic heterocycles. The van der Waals surface area contributed by atoms with Crippen LogP contribution in [0.1, 0.15) is 22.1 Å². The van der Waals surface area contributed by atoms with Crippen LogP contribution in [0.15, 0.2) is 42.5 Å². The molecule has 0 amide bonds. The summed E-state index contributed by atoms with van der Waals surface area (Å²) in [6, 6.07) is 10.0. The minimum atomic E-state index is -0.760. The molecule has 1 N–H and O–H groups in total. The zero-order valence-electron chi connectivity index (χ0n) is 9.69. The van der Waals surface area contributed by atoms with E-state index in [4.69, 9.17) is 4.74 Å². The van der Waals surface area contributed by atoms with Crippen LogP contribution in [0, 0.1) is 11.6 Å². The minimum absolute atomic E-state index is 0.0795. The van der Waals surface area contributed by atoms with Crippen molar-refractivity contribution in [2.24, 2.45) is 0 Å². The first-order chi connectivity index (χ1) is 9.15. The van der Waals surface area contributed by atoms with E-state index in [0.29, 0.717) is 11.1 Å². The van der Waals surface area contributed by atoms with Gasteiger partial charge in [0.15, 0.2) is 0 Å². The summed E-state index contributed by atoms with van der Waals surface area (Å²) in [7, 11) is 0. The lowest BCUT2D eigenvalue weighted by atomic mass is 10.1. The Morgan fingerprint density at radius 3 is 2.68 bits per heavy atom. The molecule has 0 bridgehead atoms. The molecule has 2 aromatic carbocycles. The number of carbonyl (C=O) groups excluding carboxylic acids is 1. The van der Waals surface area contributed by atoms with Crippen molar-refractivity contribution in [2.75, 3.05) is 5.32 Å². The molecule has 1 aliphatic heterocycles. The molecule has 3 nitrogen and oxygen atoms in total. The van der Waals surface area contributed by atoms with E-state index >= 15 is 0 Å². The fourth-order valence-corrected chi connectivity index (χ4v) is 2.00. The molecule has 0 fully saturated rings. The number of anilines is 1. The maximum absolute atomic E-state index is 13.5.